The van der Waals surface area contributed by atoms with Gasteiger partial charge in [0.15, 0.2) is 5.82 Å². The molecule has 0 saturated heterocycles. The van der Waals surface area contributed by atoms with Gasteiger partial charge in [0.2, 0.25) is 0 Å². The minimum Gasteiger partial charge on any atom is -0.481 e. The number of carboxylic acids is 1. The fourth-order valence-corrected chi connectivity index (χ4v) is 1.54. The van der Waals surface area contributed by atoms with Gasteiger partial charge in [-0.25, -0.2) is 9.67 Å². The predicted octanol–water partition coefficient (Wildman–Crippen LogP) is 1.73. The SMILES string of the molecule is Cc1nc(-c2ccccc2)nn1CCC(=O)O. The van der Waals surface area contributed by atoms with Crippen LogP contribution in [0, 0.1) is 6.92 Å². The average Bonchev–Trinajstić information content (AvgIpc) is 2.69. The zero-order valence-electron chi connectivity index (χ0n) is 9.50. The second-order valence-electron chi connectivity index (χ2n) is 3.72. The summed E-state index contributed by atoms with van der Waals surface area (Å²) in [5.74, 6) is 0.528. The summed E-state index contributed by atoms with van der Waals surface area (Å²) >= 11 is 0. The van der Waals surface area contributed by atoms with Gasteiger partial charge in [-0.15, -0.1) is 0 Å². The van der Waals surface area contributed by atoms with Crippen LogP contribution in [0.5, 0.6) is 0 Å². The molecule has 88 valence electrons. The summed E-state index contributed by atoms with van der Waals surface area (Å²) in [4.78, 5) is 14.8. The van der Waals surface area contributed by atoms with Crippen LogP contribution < -0.4 is 0 Å². The maximum Gasteiger partial charge on any atom is 0.305 e. The van der Waals surface area contributed by atoms with E-state index in [1.807, 2.05) is 37.3 Å². The van der Waals surface area contributed by atoms with Crippen molar-refractivity contribution in [3.63, 3.8) is 0 Å². The molecule has 0 atom stereocenters. The van der Waals surface area contributed by atoms with Crippen LogP contribution in [0.3, 0.4) is 0 Å². The van der Waals surface area contributed by atoms with Gasteiger partial charge in [0.25, 0.3) is 0 Å². The van der Waals surface area contributed by atoms with Gasteiger partial charge in [-0.05, 0) is 6.92 Å². The number of hydrogen-bond acceptors (Lipinski definition) is 3. The smallest absolute Gasteiger partial charge is 0.305 e. The van der Waals surface area contributed by atoms with E-state index in [0.717, 1.165) is 11.4 Å². The van der Waals surface area contributed by atoms with Crippen LogP contribution in [0.15, 0.2) is 30.3 Å². The monoisotopic (exact) mass is 231 g/mol. The average molecular weight is 231 g/mol. The Morgan fingerprint density at radius 3 is 2.71 bits per heavy atom. The number of aliphatic carboxylic acids is 1. The molecule has 0 unspecified atom stereocenters. The van der Waals surface area contributed by atoms with Crippen molar-refractivity contribution in [3.05, 3.63) is 36.2 Å². The van der Waals surface area contributed by atoms with E-state index in [0.29, 0.717) is 12.4 Å². The first-order valence-corrected chi connectivity index (χ1v) is 5.35. The summed E-state index contributed by atoms with van der Waals surface area (Å²) in [6, 6.07) is 9.62. The molecule has 0 aliphatic rings. The standard InChI is InChI=1S/C12H13N3O2/c1-9-13-12(10-5-3-2-4-6-10)14-15(9)8-7-11(16)17/h2-6H,7-8H2,1H3,(H,16,17). The molecular formula is C12H13N3O2. The molecule has 2 rings (SSSR count). The molecule has 0 fully saturated rings. The molecule has 0 aliphatic carbocycles. The summed E-state index contributed by atoms with van der Waals surface area (Å²) in [7, 11) is 0. The van der Waals surface area contributed by atoms with E-state index < -0.39 is 5.97 Å². The van der Waals surface area contributed by atoms with Crippen molar-refractivity contribution < 1.29 is 9.90 Å². The number of rotatable bonds is 4. The van der Waals surface area contributed by atoms with Gasteiger partial charge in [0, 0.05) is 5.56 Å². The highest BCUT2D eigenvalue weighted by molar-refractivity contribution is 5.66. The van der Waals surface area contributed by atoms with Crippen molar-refractivity contribution in [1.29, 1.82) is 0 Å². The third-order valence-electron chi connectivity index (χ3n) is 2.43. The zero-order chi connectivity index (χ0) is 12.3. The molecule has 0 saturated carbocycles. The topological polar surface area (TPSA) is 68.0 Å². The normalized spacial score (nSPS) is 10.4. The number of aromatic nitrogens is 3. The number of hydrogen-bond donors (Lipinski definition) is 1. The lowest BCUT2D eigenvalue weighted by molar-refractivity contribution is -0.137. The minimum atomic E-state index is -0.832. The second kappa shape index (κ2) is 4.78. The highest BCUT2D eigenvalue weighted by atomic mass is 16.4. The first-order valence-electron chi connectivity index (χ1n) is 5.35. The summed E-state index contributed by atoms with van der Waals surface area (Å²) in [5, 5.41) is 12.9. The highest BCUT2D eigenvalue weighted by Gasteiger charge is 2.08. The van der Waals surface area contributed by atoms with Gasteiger partial charge in [-0.3, -0.25) is 4.79 Å². The Balaban J connectivity index is 2.22. The third kappa shape index (κ3) is 2.69. The zero-order valence-corrected chi connectivity index (χ0v) is 9.50. The van der Waals surface area contributed by atoms with Crippen molar-refractivity contribution >= 4 is 5.97 Å². The van der Waals surface area contributed by atoms with Gasteiger partial charge < -0.3 is 5.11 Å². The molecule has 5 nitrogen and oxygen atoms in total. The summed E-state index contributed by atoms with van der Waals surface area (Å²) in [6.07, 6.45) is 0.0540. The molecule has 0 spiro atoms. The Kier molecular flexibility index (Phi) is 3.18. The van der Waals surface area contributed by atoms with E-state index in [2.05, 4.69) is 10.1 Å². The van der Waals surface area contributed by atoms with Crippen molar-refractivity contribution in [2.45, 2.75) is 19.9 Å². The quantitative estimate of drug-likeness (QED) is 0.870. The van der Waals surface area contributed by atoms with E-state index in [4.69, 9.17) is 5.11 Å². The highest BCUT2D eigenvalue weighted by Crippen LogP contribution is 2.14. The van der Waals surface area contributed by atoms with Gasteiger partial charge in [0.1, 0.15) is 5.82 Å². The first-order chi connectivity index (χ1) is 8.16. The van der Waals surface area contributed by atoms with Crippen molar-refractivity contribution in [1.82, 2.24) is 14.8 Å². The lowest BCUT2D eigenvalue weighted by atomic mass is 10.2. The van der Waals surface area contributed by atoms with Gasteiger partial charge in [-0.1, -0.05) is 30.3 Å². The van der Waals surface area contributed by atoms with E-state index >= 15 is 0 Å². The predicted molar refractivity (Wildman–Crippen MR) is 62.4 cm³/mol. The van der Waals surface area contributed by atoms with Crippen LogP contribution in [-0.2, 0) is 11.3 Å². The molecule has 0 aliphatic heterocycles. The Morgan fingerprint density at radius 2 is 2.06 bits per heavy atom. The molecule has 1 N–H and O–H groups in total. The van der Waals surface area contributed by atoms with Gasteiger partial charge >= 0.3 is 5.97 Å². The number of benzene rings is 1. The largest absolute Gasteiger partial charge is 0.481 e. The van der Waals surface area contributed by atoms with Crippen LogP contribution in [-0.4, -0.2) is 25.8 Å². The molecular weight excluding hydrogens is 218 g/mol. The van der Waals surface area contributed by atoms with Crippen LogP contribution in [0.4, 0.5) is 0 Å². The van der Waals surface area contributed by atoms with Crippen LogP contribution in [0.1, 0.15) is 12.2 Å². The Hall–Kier alpha value is -2.17. The van der Waals surface area contributed by atoms with E-state index in [1.54, 1.807) is 4.68 Å². The van der Waals surface area contributed by atoms with Crippen molar-refractivity contribution in [3.8, 4) is 11.4 Å². The summed E-state index contributed by atoms with van der Waals surface area (Å²) in [6.45, 7) is 2.17. The van der Waals surface area contributed by atoms with Gasteiger partial charge in [0.05, 0.1) is 13.0 Å². The fourth-order valence-electron chi connectivity index (χ4n) is 1.54. The Morgan fingerprint density at radius 1 is 1.35 bits per heavy atom. The second-order valence-corrected chi connectivity index (χ2v) is 3.72. The third-order valence-corrected chi connectivity index (χ3v) is 2.43. The molecule has 5 heteroatoms. The lowest BCUT2D eigenvalue weighted by Gasteiger charge is -1.98. The maximum absolute atomic E-state index is 10.5. The van der Waals surface area contributed by atoms with Crippen LogP contribution in [0.2, 0.25) is 0 Å². The Labute approximate surface area is 98.7 Å². The molecule has 0 radical (unpaired) electrons. The van der Waals surface area contributed by atoms with E-state index in [-0.39, 0.29) is 6.42 Å². The first kappa shape index (κ1) is 11.3. The molecule has 0 amide bonds. The van der Waals surface area contributed by atoms with Crippen LogP contribution >= 0.6 is 0 Å². The summed E-state index contributed by atoms with van der Waals surface area (Å²) in [5.41, 5.74) is 0.935. The molecule has 1 aromatic carbocycles. The fraction of sp³-hybridized carbons (Fsp3) is 0.250. The van der Waals surface area contributed by atoms with Crippen LogP contribution in [0.25, 0.3) is 11.4 Å². The molecule has 1 heterocycles. The van der Waals surface area contributed by atoms with Crippen molar-refractivity contribution in [2.24, 2.45) is 0 Å². The summed E-state index contributed by atoms with van der Waals surface area (Å²) < 4.78 is 1.62. The number of carboxylic acid groups (broad SMARTS) is 1. The van der Waals surface area contributed by atoms with E-state index in [9.17, 15) is 4.79 Å². The Bertz CT molecular complexity index is 520. The lowest BCUT2D eigenvalue weighted by Crippen LogP contribution is -2.07. The minimum absolute atomic E-state index is 0.0540. The maximum atomic E-state index is 10.5. The number of nitrogens with zero attached hydrogens (tertiary/aromatic N) is 3. The molecule has 1 aromatic heterocycles. The molecule has 17 heavy (non-hydrogen) atoms. The molecule has 0 bridgehead atoms. The molecule has 2 aromatic rings. The van der Waals surface area contributed by atoms with E-state index in [1.165, 1.54) is 0 Å². The van der Waals surface area contributed by atoms with Gasteiger partial charge in [-0.2, -0.15) is 5.10 Å². The van der Waals surface area contributed by atoms with Crippen molar-refractivity contribution in [2.75, 3.05) is 0 Å². The number of aryl methyl sites for hydroxylation is 2. The number of carbonyl (C=O) groups is 1.